The number of rotatable bonds is 28. The van der Waals surface area contributed by atoms with E-state index in [-0.39, 0.29) is 17.8 Å². The average molecular weight is 924 g/mol. The molecule has 67 heavy (non-hydrogen) atoms. The zero-order valence-electron chi connectivity index (χ0n) is 40.2. The fourth-order valence-electron chi connectivity index (χ4n) is 10.7. The molecule has 0 aromatic heterocycles. The lowest BCUT2D eigenvalue weighted by Crippen LogP contribution is -2.41. The molecule has 364 valence electrons. The highest BCUT2D eigenvalue weighted by Gasteiger charge is 2.36. The van der Waals surface area contributed by atoms with Crippen LogP contribution in [-0.2, 0) is 54.1 Å². The lowest BCUT2D eigenvalue weighted by atomic mass is 9.82. The molecule has 0 atom stereocenters. The van der Waals surface area contributed by atoms with Crippen LogP contribution in [0, 0.1) is 0 Å². The van der Waals surface area contributed by atoms with E-state index in [0.29, 0.717) is 90.2 Å². The van der Waals surface area contributed by atoms with Gasteiger partial charge in [0.15, 0.2) is 5.78 Å². The Labute approximate surface area is 397 Å². The fraction of sp³-hybridized carbons (Fsp3) is 0.618. The maximum atomic E-state index is 13.9. The molecule has 12 heteroatoms. The van der Waals surface area contributed by atoms with Gasteiger partial charge in [0, 0.05) is 84.3 Å². The van der Waals surface area contributed by atoms with Gasteiger partial charge in [-0.1, -0.05) is 38.7 Å². The maximum Gasteiger partial charge on any atom is 0.336 e. The van der Waals surface area contributed by atoms with Crippen molar-refractivity contribution in [3.05, 3.63) is 85.4 Å². The first-order valence-electron chi connectivity index (χ1n) is 25.8. The number of ketones is 1. The van der Waals surface area contributed by atoms with Crippen molar-refractivity contribution < 1.29 is 47.9 Å². The third kappa shape index (κ3) is 12.5. The molecule has 0 saturated carbocycles. The predicted octanol–water partition coefficient (Wildman–Crippen LogP) is 7.63. The fourth-order valence-corrected chi connectivity index (χ4v) is 10.7. The topological polar surface area (TPSA) is 125 Å². The number of carbonyl (C=O) groups excluding carboxylic acids is 1. The molecule has 5 heterocycles. The molecule has 8 rings (SSSR count). The van der Waals surface area contributed by atoms with E-state index in [4.69, 9.17) is 33.2 Å². The molecule has 0 unspecified atom stereocenters. The minimum Gasteiger partial charge on any atom is -0.478 e. The first-order chi connectivity index (χ1) is 33.0. The molecule has 12 nitrogen and oxygen atoms in total. The van der Waals surface area contributed by atoms with Gasteiger partial charge in [-0.2, -0.15) is 0 Å². The van der Waals surface area contributed by atoms with E-state index in [0.717, 1.165) is 131 Å². The standard InChI is InChI=1S/C55H74N2O10/c1-2-3-4-5-10-25-61-27-29-63-31-33-65-35-36-66-34-32-64-30-28-62-26-13-18-49(58)40-19-20-43(55(59)60)46(37-40)50-47-38-41-14-6-8-21-56-23-11-16-44(51(41)56)53(47)67-54-45-17-12-24-57-22-9-7-15-42(52(45)57)39-48(50)54/h19-20,37-39H,2-18,21-36H2,1H3/p+1. The monoisotopic (exact) mass is 924 g/mol. The number of unbranched alkanes of at least 4 members (excludes halogenated alkanes) is 4. The van der Waals surface area contributed by atoms with E-state index in [1.807, 2.05) is 6.07 Å². The second-order valence-corrected chi connectivity index (χ2v) is 18.7. The lowest BCUT2D eigenvalue weighted by Gasteiger charge is -2.35. The largest absolute Gasteiger partial charge is 0.478 e. The van der Waals surface area contributed by atoms with Crippen LogP contribution in [-0.4, -0.2) is 122 Å². The summed E-state index contributed by atoms with van der Waals surface area (Å²) in [4.78, 5) is 29.7. The van der Waals surface area contributed by atoms with Crippen LogP contribution in [0.2, 0.25) is 0 Å². The lowest BCUT2D eigenvalue weighted by molar-refractivity contribution is -0.0169. The van der Waals surface area contributed by atoms with Gasteiger partial charge >= 0.3 is 5.97 Å². The van der Waals surface area contributed by atoms with Crippen LogP contribution in [0.15, 0.2) is 30.3 Å². The van der Waals surface area contributed by atoms with Crippen LogP contribution in [0.1, 0.15) is 144 Å². The highest BCUT2D eigenvalue weighted by atomic mass is 16.6. The molecular formula is C55H75N2O10+. The van der Waals surface area contributed by atoms with Crippen LogP contribution in [0.4, 0.5) is 5.69 Å². The molecular weight excluding hydrogens is 849 g/mol. The second-order valence-electron chi connectivity index (χ2n) is 18.7. The summed E-state index contributed by atoms with van der Waals surface area (Å²) in [6.45, 7) is 12.7. The van der Waals surface area contributed by atoms with Gasteiger partial charge in [0.25, 0.3) is 0 Å². The number of carboxylic acid groups (broad SMARTS) is 1. The second kappa shape index (κ2) is 25.4. The Bertz CT molecular complexity index is 2290. The van der Waals surface area contributed by atoms with Crippen molar-refractivity contribution in [1.82, 2.24) is 4.58 Å². The summed E-state index contributed by atoms with van der Waals surface area (Å²) in [6, 6.07) is 9.77. The van der Waals surface area contributed by atoms with Crippen molar-refractivity contribution in [2.45, 2.75) is 116 Å². The molecule has 0 fully saturated rings. The highest BCUT2D eigenvalue weighted by molar-refractivity contribution is 6.03. The summed E-state index contributed by atoms with van der Waals surface area (Å²) in [5.41, 5.74) is 9.60. The molecule has 5 aliphatic rings. The molecule has 0 aliphatic carbocycles. The van der Waals surface area contributed by atoms with Crippen molar-refractivity contribution >= 4 is 23.0 Å². The molecule has 3 aromatic carbocycles. The summed E-state index contributed by atoms with van der Waals surface area (Å²) in [5.74, 6) is 0.709. The van der Waals surface area contributed by atoms with Crippen LogP contribution < -0.4 is 24.8 Å². The maximum absolute atomic E-state index is 13.9. The number of benzene rings is 3. The Hall–Kier alpha value is -4.17. The number of carboxylic acids is 1. The number of nitrogens with zero attached hydrogens (tertiary/aromatic N) is 2. The summed E-state index contributed by atoms with van der Waals surface area (Å²) >= 11 is 0. The van der Waals surface area contributed by atoms with Gasteiger partial charge in [0.2, 0.25) is 5.36 Å². The van der Waals surface area contributed by atoms with Gasteiger partial charge in [-0.25, -0.2) is 9.37 Å². The Balaban J connectivity index is 0.851. The van der Waals surface area contributed by atoms with Crippen molar-refractivity contribution in [3.8, 4) is 11.5 Å². The predicted molar refractivity (Wildman–Crippen MR) is 260 cm³/mol. The van der Waals surface area contributed by atoms with Gasteiger partial charge in [0.05, 0.1) is 77.2 Å². The van der Waals surface area contributed by atoms with Crippen LogP contribution >= 0.6 is 0 Å². The van der Waals surface area contributed by atoms with Crippen LogP contribution in [0.25, 0.3) is 5.57 Å². The number of fused-ring (bicyclic) bond motifs is 4. The molecule has 5 aliphatic heterocycles. The Morgan fingerprint density at radius 3 is 1.96 bits per heavy atom. The van der Waals surface area contributed by atoms with E-state index in [2.05, 4.69) is 28.5 Å². The minimum atomic E-state index is -1.01. The van der Waals surface area contributed by atoms with Gasteiger partial charge in [-0.15, -0.1) is 0 Å². The van der Waals surface area contributed by atoms with E-state index in [1.54, 1.807) is 12.1 Å². The summed E-state index contributed by atoms with van der Waals surface area (Å²) in [7, 11) is 0. The number of hydrogen-bond donors (Lipinski definition) is 1. The smallest absolute Gasteiger partial charge is 0.336 e. The molecule has 0 spiro atoms. The van der Waals surface area contributed by atoms with E-state index >= 15 is 0 Å². The van der Waals surface area contributed by atoms with E-state index < -0.39 is 5.97 Å². The minimum absolute atomic E-state index is 0.0338. The molecule has 0 saturated heterocycles. The summed E-state index contributed by atoms with van der Waals surface area (Å²) in [6.07, 6.45) is 17.5. The van der Waals surface area contributed by atoms with Crippen molar-refractivity contribution in [1.29, 1.82) is 0 Å². The SMILES string of the molecule is CCCCCCCOCCOCCOCCOCCOCCOCCCC(=O)c1ccc(C(=O)O)c(C2=c3cc4c5c(c3Oc3c2cc2c6c3CCCN6CCCC2)CCC[N+]=5CCCC4)c1. The third-order valence-corrected chi connectivity index (χ3v) is 14.0. The van der Waals surface area contributed by atoms with Gasteiger partial charge in [0.1, 0.15) is 24.6 Å². The molecule has 0 radical (unpaired) electrons. The quantitative estimate of drug-likeness (QED) is 0.0344. The first kappa shape index (κ1) is 49.3. The number of anilines is 1. The number of aryl methyl sites for hydroxylation is 2. The van der Waals surface area contributed by atoms with Gasteiger partial charge < -0.3 is 43.2 Å². The van der Waals surface area contributed by atoms with Crippen LogP contribution in [0.5, 0.6) is 11.5 Å². The zero-order valence-corrected chi connectivity index (χ0v) is 40.2. The normalized spacial score (nSPS) is 16.1. The average Bonchev–Trinajstić information content (AvgIpc) is 3.69. The van der Waals surface area contributed by atoms with Crippen molar-refractivity contribution in [2.75, 3.05) is 110 Å². The van der Waals surface area contributed by atoms with E-state index in [9.17, 15) is 14.7 Å². The summed E-state index contributed by atoms with van der Waals surface area (Å²) < 4.78 is 43.7. The number of hydrogen-bond acceptors (Lipinski definition) is 10. The third-order valence-electron chi connectivity index (χ3n) is 14.0. The van der Waals surface area contributed by atoms with Gasteiger partial charge in [-0.3, -0.25) is 4.79 Å². The van der Waals surface area contributed by atoms with Crippen molar-refractivity contribution in [2.24, 2.45) is 0 Å². The number of Topliss-reactive ketones (excluding diaryl/α,β-unsaturated/α-hetero) is 1. The molecule has 1 N–H and O–H groups in total. The Morgan fingerprint density at radius 2 is 1.24 bits per heavy atom. The number of ether oxygens (including phenoxy) is 7. The van der Waals surface area contributed by atoms with Crippen molar-refractivity contribution in [3.63, 3.8) is 0 Å². The van der Waals surface area contributed by atoms with Crippen LogP contribution in [0.3, 0.4) is 0 Å². The highest BCUT2D eigenvalue weighted by Crippen LogP contribution is 2.48. The molecule has 0 amide bonds. The Morgan fingerprint density at radius 1 is 0.612 bits per heavy atom. The number of aromatic carboxylic acids is 1. The van der Waals surface area contributed by atoms with Gasteiger partial charge in [-0.05, 0) is 99.6 Å². The first-order valence-corrected chi connectivity index (χ1v) is 25.8. The molecule has 0 bridgehead atoms. The number of carbonyl (C=O) groups is 2. The Kier molecular flexibility index (Phi) is 18.7. The summed E-state index contributed by atoms with van der Waals surface area (Å²) in [5, 5.41) is 13.1. The molecule has 3 aromatic rings. The van der Waals surface area contributed by atoms with E-state index in [1.165, 1.54) is 59.0 Å². The zero-order chi connectivity index (χ0) is 46.2.